The van der Waals surface area contributed by atoms with Gasteiger partial charge in [0.1, 0.15) is 5.82 Å². The van der Waals surface area contributed by atoms with Crippen LogP contribution in [0.5, 0.6) is 0 Å². The first-order valence-corrected chi connectivity index (χ1v) is 4.81. The van der Waals surface area contributed by atoms with Gasteiger partial charge >= 0.3 is 0 Å². The molecule has 15 heavy (non-hydrogen) atoms. The van der Waals surface area contributed by atoms with E-state index in [1.807, 2.05) is 49.6 Å². The quantitative estimate of drug-likeness (QED) is 0.742. The maximum absolute atomic E-state index is 4.35. The molecule has 0 saturated carbocycles. The Hall–Kier alpha value is -1.90. The van der Waals surface area contributed by atoms with Gasteiger partial charge in [0.05, 0.1) is 0 Å². The van der Waals surface area contributed by atoms with Crippen molar-refractivity contribution in [3.63, 3.8) is 0 Å². The molecule has 0 fully saturated rings. The topological polar surface area (TPSA) is 29.0 Å². The second-order valence-electron chi connectivity index (χ2n) is 3.54. The minimum Gasteiger partial charge on any atom is -0.363 e. The highest BCUT2D eigenvalue weighted by Crippen LogP contribution is 2.18. The number of anilines is 1. The first-order chi connectivity index (χ1) is 7.27. The van der Waals surface area contributed by atoms with Gasteiger partial charge in [-0.3, -0.25) is 4.98 Å². The first kappa shape index (κ1) is 9.65. The third-order valence-electron chi connectivity index (χ3n) is 2.20. The van der Waals surface area contributed by atoms with Gasteiger partial charge in [0, 0.05) is 43.8 Å². The number of pyridine rings is 2. The third kappa shape index (κ3) is 2.13. The summed E-state index contributed by atoms with van der Waals surface area (Å²) in [6.07, 6.45) is 5.48. The summed E-state index contributed by atoms with van der Waals surface area (Å²) in [5.74, 6) is 0.961. The Morgan fingerprint density at radius 2 is 1.80 bits per heavy atom. The normalized spacial score (nSPS) is 10.0. The molecule has 0 aliphatic carbocycles. The van der Waals surface area contributed by atoms with Crippen LogP contribution in [0, 0.1) is 0 Å². The van der Waals surface area contributed by atoms with Gasteiger partial charge in [-0.1, -0.05) is 6.07 Å². The molecule has 0 bridgehead atoms. The number of hydrogen-bond donors (Lipinski definition) is 0. The van der Waals surface area contributed by atoms with E-state index in [0.29, 0.717) is 0 Å². The van der Waals surface area contributed by atoms with E-state index in [2.05, 4.69) is 16.0 Å². The molecular formula is C12H13N3. The fourth-order valence-corrected chi connectivity index (χ4v) is 1.35. The van der Waals surface area contributed by atoms with Gasteiger partial charge < -0.3 is 4.90 Å². The third-order valence-corrected chi connectivity index (χ3v) is 2.20. The van der Waals surface area contributed by atoms with Crippen LogP contribution in [0.1, 0.15) is 0 Å². The second-order valence-corrected chi connectivity index (χ2v) is 3.54. The molecular weight excluding hydrogens is 186 g/mol. The maximum atomic E-state index is 4.35. The van der Waals surface area contributed by atoms with Crippen LogP contribution in [-0.2, 0) is 0 Å². The molecule has 0 aliphatic rings. The minimum absolute atomic E-state index is 0.961. The highest BCUT2D eigenvalue weighted by atomic mass is 15.1. The van der Waals surface area contributed by atoms with E-state index in [0.717, 1.165) is 16.9 Å². The molecule has 2 aromatic heterocycles. The van der Waals surface area contributed by atoms with Crippen molar-refractivity contribution >= 4 is 5.82 Å². The summed E-state index contributed by atoms with van der Waals surface area (Å²) in [6, 6.07) is 8.01. The lowest BCUT2D eigenvalue weighted by Gasteiger charge is -2.11. The standard InChI is InChI=1S/C12H13N3/c1-15(2)12-6-5-11(9-14-12)10-4-3-7-13-8-10/h3-9H,1-2H3. The van der Waals surface area contributed by atoms with E-state index in [-0.39, 0.29) is 0 Å². The van der Waals surface area contributed by atoms with Crippen LogP contribution < -0.4 is 4.90 Å². The molecule has 0 aromatic carbocycles. The molecule has 0 saturated heterocycles. The van der Waals surface area contributed by atoms with Crippen molar-refractivity contribution < 1.29 is 0 Å². The van der Waals surface area contributed by atoms with E-state index in [9.17, 15) is 0 Å². The highest BCUT2D eigenvalue weighted by molar-refractivity contribution is 5.62. The molecule has 0 aliphatic heterocycles. The van der Waals surface area contributed by atoms with Gasteiger partial charge in [-0.2, -0.15) is 0 Å². The monoisotopic (exact) mass is 199 g/mol. The maximum Gasteiger partial charge on any atom is 0.127 e. The van der Waals surface area contributed by atoms with Gasteiger partial charge in [0.15, 0.2) is 0 Å². The number of hydrogen-bond acceptors (Lipinski definition) is 3. The molecule has 0 N–H and O–H groups in total. The zero-order chi connectivity index (χ0) is 10.7. The van der Waals surface area contributed by atoms with Crippen molar-refractivity contribution in [3.05, 3.63) is 42.9 Å². The van der Waals surface area contributed by atoms with Crippen molar-refractivity contribution in [3.8, 4) is 11.1 Å². The second kappa shape index (κ2) is 4.09. The van der Waals surface area contributed by atoms with Gasteiger partial charge in [-0.05, 0) is 18.2 Å². The summed E-state index contributed by atoms with van der Waals surface area (Å²) in [4.78, 5) is 10.4. The van der Waals surface area contributed by atoms with Crippen LogP contribution in [0.25, 0.3) is 11.1 Å². The zero-order valence-electron chi connectivity index (χ0n) is 8.88. The smallest absolute Gasteiger partial charge is 0.127 e. The molecule has 2 rings (SSSR count). The summed E-state index contributed by atoms with van der Waals surface area (Å²) in [6.45, 7) is 0. The van der Waals surface area contributed by atoms with Crippen molar-refractivity contribution in [2.75, 3.05) is 19.0 Å². The van der Waals surface area contributed by atoms with Crippen LogP contribution in [0.3, 0.4) is 0 Å². The van der Waals surface area contributed by atoms with E-state index >= 15 is 0 Å². The number of nitrogens with zero attached hydrogens (tertiary/aromatic N) is 3. The van der Waals surface area contributed by atoms with E-state index in [1.165, 1.54) is 0 Å². The fourth-order valence-electron chi connectivity index (χ4n) is 1.35. The highest BCUT2D eigenvalue weighted by Gasteiger charge is 1.99. The van der Waals surface area contributed by atoms with Gasteiger partial charge in [-0.25, -0.2) is 4.98 Å². The SMILES string of the molecule is CN(C)c1ccc(-c2cccnc2)cn1. The summed E-state index contributed by atoms with van der Waals surface area (Å²) in [7, 11) is 3.96. The van der Waals surface area contributed by atoms with E-state index in [1.54, 1.807) is 6.20 Å². The molecule has 0 unspecified atom stereocenters. The first-order valence-electron chi connectivity index (χ1n) is 4.81. The summed E-state index contributed by atoms with van der Waals surface area (Å²) in [5, 5.41) is 0. The zero-order valence-corrected chi connectivity index (χ0v) is 8.88. The molecule has 2 heterocycles. The Kier molecular flexibility index (Phi) is 2.63. The Morgan fingerprint density at radius 1 is 1.00 bits per heavy atom. The van der Waals surface area contributed by atoms with Crippen LogP contribution in [0.4, 0.5) is 5.82 Å². The lowest BCUT2D eigenvalue weighted by atomic mass is 10.1. The average molecular weight is 199 g/mol. The molecule has 0 spiro atoms. The van der Waals surface area contributed by atoms with Gasteiger partial charge in [0.2, 0.25) is 0 Å². The Morgan fingerprint density at radius 3 is 2.33 bits per heavy atom. The molecule has 0 amide bonds. The van der Waals surface area contributed by atoms with Crippen molar-refractivity contribution in [1.82, 2.24) is 9.97 Å². The number of aromatic nitrogens is 2. The molecule has 76 valence electrons. The van der Waals surface area contributed by atoms with Gasteiger partial charge in [-0.15, -0.1) is 0 Å². The Bertz CT molecular complexity index is 420. The summed E-state index contributed by atoms with van der Waals surface area (Å²) < 4.78 is 0. The van der Waals surface area contributed by atoms with Crippen LogP contribution in [-0.4, -0.2) is 24.1 Å². The van der Waals surface area contributed by atoms with Gasteiger partial charge in [0.25, 0.3) is 0 Å². The van der Waals surface area contributed by atoms with E-state index < -0.39 is 0 Å². The number of rotatable bonds is 2. The summed E-state index contributed by atoms with van der Waals surface area (Å²) in [5.41, 5.74) is 2.18. The minimum atomic E-state index is 0.961. The lowest BCUT2D eigenvalue weighted by molar-refractivity contribution is 1.07. The lowest BCUT2D eigenvalue weighted by Crippen LogP contribution is -2.09. The predicted molar refractivity (Wildman–Crippen MR) is 61.8 cm³/mol. The predicted octanol–water partition coefficient (Wildman–Crippen LogP) is 2.21. The van der Waals surface area contributed by atoms with Crippen LogP contribution >= 0.6 is 0 Å². The molecule has 0 atom stereocenters. The molecule has 3 nitrogen and oxygen atoms in total. The van der Waals surface area contributed by atoms with Crippen LogP contribution in [0.15, 0.2) is 42.9 Å². The molecule has 0 radical (unpaired) electrons. The molecule has 2 aromatic rings. The van der Waals surface area contributed by atoms with Crippen molar-refractivity contribution in [2.24, 2.45) is 0 Å². The largest absolute Gasteiger partial charge is 0.363 e. The summed E-state index contributed by atoms with van der Waals surface area (Å²) >= 11 is 0. The Balaban J connectivity index is 2.32. The molecule has 3 heteroatoms. The van der Waals surface area contributed by atoms with Crippen molar-refractivity contribution in [1.29, 1.82) is 0 Å². The average Bonchev–Trinajstić information content (AvgIpc) is 2.30. The van der Waals surface area contributed by atoms with E-state index in [4.69, 9.17) is 0 Å². The Labute approximate surface area is 89.4 Å². The fraction of sp³-hybridized carbons (Fsp3) is 0.167. The van der Waals surface area contributed by atoms with Crippen LogP contribution in [0.2, 0.25) is 0 Å². The van der Waals surface area contributed by atoms with Crippen molar-refractivity contribution in [2.45, 2.75) is 0 Å².